The zero-order chi connectivity index (χ0) is 12.8. The summed E-state index contributed by atoms with van der Waals surface area (Å²) >= 11 is 5.69. The Labute approximate surface area is 103 Å². The van der Waals surface area contributed by atoms with E-state index >= 15 is 0 Å². The van der Waals surface area contributed by atoms with Gasteiger partial charge >= 0.3 is 0 Å². The number of pyridine rings is 1. The maximum Gasteiger partial charge on any atom is 0.268 e. The van der Waals surface area contributed by atoms with Gasteiger partial charge in [-0.1, -0.05) is 11.6 Å². The zero-order valence-electron chi connectivity index (χ0n) is 9.25. The molecule has 0 amide bonds. The van der Waals surface area contributed by atoms with Crippen LogP contribution in [0, 0.1) is 5.41 Å². The second-order valence-electron chi connectivity index (χ2n) is 3.43. The second kappa shape index (κ2) is 6.30. The van der Waals surface area contributed by atoms with Gasteiger partial charge in [0.05, 0.1) is 23.1 Å². The van der Waals surface area contributed by atoms with Crippen molar-refractivity contribution < 1.29 is 8.78 Å². The SMILES string of the molecule is CC(=N)N(CC=C(F)F)Cc1ccc(Cl)cn1. The Hall–Kier alpha value is -1.49. The molecule has 1 aromatic heterocycles. The predicted octanol–water partition coefficient (Wildman–Crippen LogP) is 3.31. The Morgan fingerprint density at radius 2 is 2.24 bits per heavy atom. The molecule has 0 fully saturated rings. The number of hydrogen-bond acceptors (Lipinski definition) is 2. The first-order chi connectivity index (χ1) is 7.99. The van der Waals surface area contributed by atoms with E-state index in [1.807, 2.05) is 0 Å². The average Bonchev–Trinajstić information content (AvgIpc) is 2.26. The number of hydrogen-bond donors (Lipinski definition) is 1. The highest BCUT2D eigenvalue weighted by Crippen LogP contribution is 2.09. The molecule has 17 heavy (non-hydrogen) atoms. The van der Waals surface area contributed by atoms with Crippen molar-refractivity contribution in [2.75, 3.05) is 6.54 Å². The molecule has 1 heterocycles. The number of amidine groups is 1. The predicted molar refractivity (Wildman–Crippen MR) is 63.4 cm³/mol. The quantitative estimate of drug-likeness (QED) is 0.666. The van der Waals surface area contributed by atoms with E-state index in [2.05, 4.69) is 4.98 Å². The van der Waals surface area contributed by atoms with Gasteiger partial charge in [-0.05, 0) is 19.1 Å². The minimum absolute atomic E-state index is 0.0119. The summed E-state index contributed by atoms with van der Waals surface area (Å²) in [6.07, 6.45) is 0.508. The van der Waals surface area contributed by atoms with Crippen molar-refractivity contribution in [3.63, 3.8) is 0 Å². The van der Waals surface area contributed by atoms with Gasteiger partial charge in [0.1, 0.15) is 0 Å². The van der Waals surface area contributed by atoms with Crippen LogP contribution in [-0.2, 0) is 6.54 Å². The van der Waals surface area contributed by atoms with Crippen molar-refractivity contribution in [2.24, 2.45) is 0 Å². The summed E-state index contributed by atoms with van der Waals surface area (Å²) in [5, 5.41) is 8.00. The number of nitrogens with one attached hydrogen (secondary N) is 1. The number of halogens is 3. The second-order valence-corrected chi connectivity index (χ2v) is 3.86. The van der Waals surface area contributed by atoms with Crippen molar-refractivity contribution in [1.29, 1.82) is 5.41 Å². The van der Waals surface area contributed by atoms with E-state index in [0.717, 1.165) is 6.08 Å². The summed E-state index contributed by atoms with van der Waals surface area (Å²) < 4.78 is 24.0. The smallest absolute Gasteiger partial charge is 0.268 e. The van der Waals surface area contributed by atoms with E-state index in [0.29, 0.717) is 17.3 Å². The molecular weight excluding hydrogens is 248 g/mol. The van der Waals surface area contributed by atoms with Crippen LogP contribution in [0.4, 0.5) is 8.78 Å². The highest BCUT2D eigenvalue weighted by atomic mass is 35.5. The lowest BCUT2D eigenvalue weighted by atomic mass is 10.3. The van der Waals surface area contributed by atoms with E-state index in [9.17, 15) is 8.78 Å². The largest absolute Gasteiger partial charge is 0.351 e. The third-order valence-electron chi connectivity index (χ3n) is 2.08. The lowest BCUT2D eigenvalue weighted by Gasteiger charge is -2.20. The Kier molecular flexibility index (Phi) is 5.03. The lowest BCUT2D eigenvalue weighted by molar-refractivity contribution is 0.395. The molecule has 1 rings (SSSR count). The molecule has 0 unspecified atom stereocenters. The summed E-state index contributed by atoms with van der Waals surface area (Å²) in [4.78, 5) is 5.53. The van der Waals surface area contributed by atoms with E-state index in [-0.39, 0.29) is 12.4 Å². The average molecular weight is 260 g/mol. The van der Waals surface area contributed by atoms with E-state index in [1.165, 1.54) is 11.1 Å². The lowest BCUT2D eigenvalue weighted by Crippen LogP contribution is -2.28. The molecule has 0 atom stereocenters. The summed E-state index contributed by atoms with van der Waals surface area (Å²) in [7, 11) is 0. The molecule has 0 aromatic carbocycles. The third-order valence-corrected chi connectivity index (χ3v) is 2.31. The zero-order valence-corrected chi connectivity index (χ0v) is 10.0. The summed E-state index contributed by atoms with van der Waals surface area (Å²) in [5.74, 6) is 0.208. The topological polar surface area (TPSA) is 40.0 Å². The van der Waals surface area contributed by atoms with Crippen molar-refractivity contribution in [3.8, 4) is 0 Å². The monoisotopic (exact) mass is 259 g/mol. The normalized spacial score (nSPS) is 9.88. The molecule has 1 aromatic rings. The molecule has 92 valence electrons. The first-order valence-corrected chi connectivity index (χ1v) is 5.28. The molecule has 3 nitrogen and oxygen atoms in total. The van der Waals surface area contributed by atoms with Crippen LogP contribution >= 0.6 is 11.6 Å². The number of rotatable bonds is 4. The van der Waals surface area contributed by atoms with E-state index < -0.39 is 6.08 Å². The molecule has 1 N–H and O–H groups in total. The highest BCUT2D eigenvalue weighted by Gasteiger charge is 2.07. The minimum atomic E-state index is -1.75. The third kappa shape index (κ3) is 4.91. The van der Waals surface area contributed by atoms with Crippen LogP contribution in [0.3, 0.4) is 0 Å². The molecule has 0 aliphatic heterocycles. The fourth-order valence-corrected chi connectivity index (χ4v) is 1.31. The van der Waals surface area contributed by atoms with Crippen LogP contribution < -0.4 is 0 Å². The maximum absolute atomic E-state index is 12.0. The Morgan fingerprint density at radius 3 is 2.71 bits per heavy atom. The molecule has 0 bridgehead atoms. The van der Waals surface area contributed by atoms with Crippen LogP contribution in [0.15, 0.2) is 30.5 Å². The molecule has 0 radical (unpaired) electrons. The maximum atomic E-state index is 12.0. The highest BCUT2D eigenvalue weighted by molar-refractivity contribution is 6.30. The van der Waals surface area contributed by atoms with Gasteiger partial charge < -0.3 is 4.90 Å². The van der Waals surface area contributed by atoms with Gasteiger partial charge in [-0.2, -0.15) is 8.78 Å². The Bertz CT molecular complexity index is 413. The van der Waals surface area contributed by atoms with Crippen LogP contribution in [0.1, 0.15) is 12.6 Å². The van der Waals surface area contributed by atoms with Crippen molar-refractivity contribution in [2.45, 2.75) is 13.5 Å². The Morgan fingerprint density at radius 1 is 1.53 bits per heavy atom. The summed E-state index contributed by atoms with van der Waals surface area (Å²) in [6.45, 7) is 1.83. The number of nitrogens with zero attached hydrogens (tertiary/aromatic N) is 2. The molecule has 0 saturated heterocycles. The van der Waals surface area contributed by atoms with E-state index in [1.54, 1.807) is 19.1 Å². The van der Waals surface area contributed by atoms with Gasteiger partial charge in [0.15, 0.2) is 0 Å². The Balaban J connectivity index is 2.70. The van der Waals surface area contributed by atoms with Gasteiger partial charge in [0.2, 0.25) is 0 Å². The van der Waals surface area contributed by atoms with Crippen molar-refractivity contribution in [3.05, 3.63) is 41.2 Å². The van der Waals surface area contributed by atoms with Crippen LogP contribution in [0.2, 0.25) is 5.02 Å². The molecule has 0 saturated carbocycles. The molecule has 0 aliphatic rings. The molecule has 0 spiro atoms. The van der Waals surface area contributed by atoms with Crippen LogP contribution in [0.25, 0.3) is 0 Å². The first kappa shape index (κ1) is 13.6. The van der Waals surface area contributed by atoms with Crippen molar-refractivity contribution >= 4 is 17.4 Å². The van der Waals surface area contributed by atoms with Crippen LogP contribution in [0.5, 0.6) is 0 Å². The van der Waals surface area contributed by atoms with Gasteiger partial charge in [-0.15, -0.1) is 0 Å². The first-order valence-electron chi connectivity index (χ1n) is 4.90. The molecule has 6 heteroatoms. The van der Waals surface area contributed by atoms with Gasteiger partial charge in [-0.25, -0.2) is 0 Å². The standard InChI is InChI=1S/C11H12ClF2N3/c1-8(15)17(5-4-11(13)14)7-10-3-2-9(12)6-16-10/h2-4,6,15H,5,7H2,1H3. The van der Waals surface area contributed by atoms with Crippen molar-refractivity contribution in [1.82, 2.24) is 9.88 Å². The van der Waals surface area contributed by atoms with Gasteiger partial charge in [0, 0.05) is 18.8 Å². The van der Waals surface area contributed by atoms with Gasteiger partial charge in [-0.3, -0.25) is 10.4 Å². The fraction of sp³-hybridized carbons (Fsp3) is 0.273. The summed E-state index contributed by atoms with van der Waals surface area (Å²) in [6, 6.07) is 3.38. The fourth-order valence-electron chi connectivity index (χ4n) is 1.19. The molecular formula is C11H12ClF2N3. The molecule has 0 aliphatic carbocycles. The van der Waals surface area contributed by atoms with Crippen LogP contribution in [-0.4, -0.2) is 22.3 Å². The minimum Gasteiger partial charge on any atom is -0.351 e. The summed E-state index contributed by atoms with van der Waals surface area (Å²) in [5.41, 5.74) is 0.675. The van der Waals surface area contributed by atoms with Gasteiger partial charge in [0.25, 0.3) is 6.08 Å². The number of aromatic nitrogens is 1. The van der Waals surface area contributed by atoms with E-state index in [4.69, 9.17) is 17.0 Å².